The third kappa shape index (κ3) is 3.46. The Bertz CT molecular complexity index is 400. The molecule has 0 aromatic heterocycles. The minimum Gasteiger partial charge on any atom is -0.508 e. The summed E-state index contributed by atoms with van der Waals surface area (Å²) in [5.41, 5.74) is 0.519. The standard InChI is InChI=1S/C13H16BrNO2/c14-10-4-6-11(7-5-10)15-13(17)9-2-1-3-12(16)8-9/h1-3,8,10-11,16H,4-7H2,(H,15,17). The van der Waals surface area contributed by atoms with Gasteiger partial charge in [0.1, 0.15) is 5.75 Å². The highest BCUT2D eigenvalue weighted by molar-refractivity contribution is 9.09. The van der Waals surface area contributed by atoms with Gasteiger partial charge in [-0.25, -0.2) is 0 Å². The smallest absolute Gasteiger partial charge is 0.251 e. The van der Waals surface area contributed by atoms with Crippen molar-refractivity contribution in [3.63, 3.8) is 0 Å². The molecule has 0 bridgehead atoms. The zero-order valence-corrected chi connectivity index (χ0v) is 11.1. The van der Waals surface area contributed by atoms with E-state index in [1.165, 1.54) is 6.07 Å². The number of benzene rings is 1. The van der Waals surface area contributed by atoms with Gasteiger partial charge in [0.2, 0.25) is 0 Å². The van der Waals surface area contributed by atoms with Gasteiger partial charge in [0.05, 0.1) is 0 Å². The highest BCUT2D eigenvalue weighted by Gasteiger charge is 2.21. The Labute approximate surface area is 109 Å². The predicted molar refractivity (Wildman–Crippen MR) is 70.5 cm³/mol. The average Bonchev–Trinajstić information content (AvgIpc) is 2.32. The molecule has 0 saturated heterocycles. The van der Waals surface area contributed by atoms with Crippen molar-refractivity contribution >= 4 is 21.8 Å². The van der Waals surface area contributed by atoms with Crippen LogP contribution in [0.4, 0.5) is 0 Å². The van der Waals surface area contributed by atoms with Crippen LogP contribution in [0.2, 0.25) is 0 Å². The summed E-state index contributed by atoms with van der Waals surface area (Å²) in [5, 5.41) is 12.3. The van der Waals surface area contributed by atoms with E-state index in [1.807, 2.05) is 0 Å². The molecule has 0 radical (unpaired) electrons. The summed E-state index contributed by atoms with van der Waals surface area (Å²) in [6.45, 7) is 0. The Balaban J connectivity index is 1.93. The molecule has 92 valence electrons. The third-order valence-electron chi connectivity index (χ3n) is 3.10. The van der Waals surface area contributed by atoms with Gasteiger partial charge in [-0.1, -0.05) is 22.0 Å². The Morgan fingerprint density at radius 2 is 2.00 bits per heavy atom. The summed E-state index contributed by atoms with van der Waals surface area (Å²) in [6, 6.07) is 6.71. The zero-order valence-electron chi connectivity index (χ0n) is 9.53. The van der Waals surface area contributed by atoms with E-state index in [0.717, 1.165) is 25.7 Å². The molecule has 1 aromatic rings. The maximum Gasteiger partial charge on any atom is 0.251 e. The second-order valence-electron chi connectivity index (χ2n) is 4.47. The van der Waals surface area contributed by atoms with E-state index >= 15 is 0 Å². The third-order valence-corrected chi connectivity index (χ3v) is 4.02. The van der Waals surface area contributed by atoms with Gasteiger partial charge in [-0.3, -0.25) is 4.79 Å². The molecule has 0 atom stereocenters. The van der Waals surface area contributed by atoms with Gasteiger partial charge in [0.25, 0.3) is 5.91 Å². The lowest BCUT2D eigenvalue weighted by Crippen LogP contribution is -2.37. The molecular formula is C13H16BrNO2. The number of phenols is 1. The minimum absolute atomic E-state index is 0.0982. The second-order valence-corrected chi connectivity index (χ2v) is 5.77. The van der Waals surface area contributed by atoms with E-state index in [4.69, 9.17) is 0 Å². The van der Waals surface area contributed by atoms with Crippen LogP contribution in [0.25, 0.3) is 0 Å². The molecular weight excluding hydrogens is 282 g/mol. The number of halogens is 1. The van der Waals surface area contributed by atoms with Crippen LogP contribution in [0, 0.1) is 0 Å². The van der Waals surface area contributed by atoms with Crippen LogP contribution >= 0.6 is 15.9 Å². The lowest BCUT2D eigenvalue weighted by Gasteiger charge is -2.26. The maximum absolute atomic E-state index is 11.9. The van der Waals surface area contributed by atoms with Crippen LogP contribution in [0.5, 0.6) is 5.75 Å². The van der Waals surface area contributed by atoms with Crippen LogP contribution in [0.3, 0.4) is 0 Å². The first-order chi connectivity index (χ1) is 8.15. The molecule has 1 fully saturated rings. The Hall–Kier alpha value is -1.03. The Morgan fingerprint density at radius 1 is 1.29 bits per heavy atom. The second kappa shape index (κ2) is 5.54. The monoisotopic (exact) mass is 297 g/mol. The number of carbonyl (C=O) groups excluding carboxylic acids is 1. The predicted octanol–water partition coefficient (Wildman–Crippen LogP) is 2.83. The van der Waals surface area contributed by atoms with Crippen molar-refractivity contribution < 1.29 is 9.90 Å². The molecule has 0 spiro atoms. The molecule has 1 amide bonds. The zero-order chi connectivity index (χ0) is 12.3. The Morgan fingerprint density at radius 3 is 2.65 bits per heavy atom. The first-order valence-corrected chi connectivity index (χ1v) is 6.80. The first-order valence-electron chi connectivity index (χ1n) is 5.89. The fourth-order valence-electron chi connectivity index (χ4n) is 2.11. The van der Waals surface area contributed by atoms with Gasteiger partial charge < -0.3 is 10.4 Å². The maximum atomic E-state index is 11.9. The van der Waals surface area contributed by atoms with E-state index in [-0.39, 0.29) is 17.7 Å². The highest BCUT2D eigenvalue weighted by atomic mass is 79.9. The number of nitrogens with one attached hydrogen (secondary N) is 1. The van der Waals surface area contributed by atoms with Crippen molar-refractivity contribution in [2.24, 2.45) is 0 Å². The highest BCUT2D eigenvalue weighted by Crippen LogP contribution is 2.24. The molecule has 1 aliphatic rings. The number of aromatic hydroxyl groups is 1. The van der Waals surface area contributed by atoms with Gasteiger partial charge in [0.15, 0.2) is 0 Å². The van der Waals surface area contributed by atoms with Crippen molar-refractivity contribution in [1.82, 2.24) is 5.32 Å². The van der Waals surface area contributed by atoms with Gasteiger partial charge in [-0.05, 0) is 43.9 Å². The van der Waals surface area contributed by atoms with Crippen molar-refractivity contribution in [2.45, 2.75) is 36.6 Å². The summed E-state index contributed by atoms with van der Waals surface area (Å²) in [4.78, 5) is 12.5. The molecule has 4 heteroatoms. The quantitative estimate of drug-likeness (QED) is 0.825. The van der Waals surface area contributed by atoms with Crippen LogP contribution < -0.4 is 5.32 Å². The lowest BCUT2D eigenvalue weighted by molar-refractivity contribution is 0.0928. The molecule has 0 unspecified atom stereocenters. The number of hydrogen-bond acceptors (Lipinski definition) is 2. The van der Waals surface area contributed by atoms with Crippen LogP contribution in [0.1, 0.15) is 36.0 Å². The summed E-state index contributed by atoms with van der Waals surface area (Å²) in [5.74, 6) is 0.0285. The summed E-state index contributed by atoms with van der Waals surface area (Å²) >= 11 is 3.59. The van der Waals surface area contributed by atoms with Gasteiger partial charge >= 0.3 is 0 Å². The van der Waals surface area contributed by atoms with E-state index < -0.39 is 0 Å². The van der Waals surface area contributed by atoms with Crippen LogP contribution in [0.15, 0.2) is 24.3 Å². The number of alkyl halides is 1. The van der Waals surface area contributed by atoms with Crippen molar-refractivity contribution in [1.29, 1.82) is 0 Å². The first kappa shape index (κ1) is 12.4. The van der Waals surface area contributed by atoms with Crippen molar-refractivity contribution in [3.05, 3.63) is 29.8 Å². The summed E-state index contributed by atoms with van der Waals surface area (Å²) in [7, 11) is 0. The molecule has 0 heterocycles. The SMILES string of the molecule is O=C(NC1CCC(Br)CC1)c1cccc(O)c1. The van der Waals surface area contributed by atoms with E-state index in [2.05, 4.69) is 21.2 Å². The molecule has 3 nitrogen and oxygen atoms in total. The molecule has 1 saturated carbocycles. The normalized spacial score (nSPS) is 24.3. The lowest BCUT2D eigenvalue weighted by atomic mass is 9.95. The molecule has 2 N–H and O–H groups in total. The fraction of sp³-hybridized carbons (Fsp3) is 0.462. The number of carbonyl (C=O) groups is 1. The van der Waals surface area contributed by atoms with Gasteiger partial charge in [-0.2, -0.15) is 0 Å². The van der Waals surface area contributed by atoms with Crippen LogP contribution in [-0.4, -0.2) is 21.9 Å². The molecule has 0 aliphatic heterocycles. The van der Waals surface area contributed by atoms with Crippen molar-refractivity contribution in [3.8, 4) is 5.75 Å². The average molecular weight is 298 g/mol. The summed E-state index contributed by atoms with van der Waals surface area (Å²) in [6.07, 6.45) is 4.23. The largest absolute Gasteiger partial charge is 0.508 e. The van der Waals surface area contributed by atoms with Gasteiger partial charge in [-0.15, -0.1) is 0 Å². The molecule has 2 rings (SSSR count). The van der Waals surface area contributed by atoms with E-state index in [9.17, 15) is 9.90 Å². The molecule has 17 heavy (non-hydrogen) atoms. The summed E-state index contributed by atoms with van der Waals surface area (Å²) < 4.78 is 0. The molecule has 1 aromatic carbocycles. The number of amides is 1. The number of phenolic OH excluding ortho intramolecular Hbond substituents is 1. The minimum atomic E-state index is -0.0982. The fourth-order valence-corrected chi connectivity index (χ4v) is 2.64. The van der Waals surface area contributed by atoms with Gasteiger partial charge in [0, 0.05) is 16.4 Å². The topological polar surface area (TPSA) is 49.3 Å². The van der Waals surface area contributed by atoms with E-state index in [0.29, 0.717) is 10.4 Å². The molecule has 1 aliphatic carbocycles. The number of rotatable bonds is 2. The van der Waals surface area contributed by atoms with E-state index in [1.54, 1.807) is 18.2 Å². The number of hydrogen-bond donors (Lipinski definition) is 2. The Kier molecular flexibility index (Phi) is 4.05. The van der Waals surface area contributed by atoms with Crippen LogP contribution in [-0.2, 0) is 0 Å². The van der Waals surface area contributed by atoms with Crippen molar-refractivity contribution in [2.75, 3.05) is 0 Å².